The van der Waals surface area contributed by atoms with Gasteiger partial charge >= 0.3 is 0 Å². The molecule has 0 aromatic carbocycles. The topological polar surface area (TPSA) is 287 Å². The van der Waals surface area contributed by atoms with E-state index >= 15 is 0 Å². The number of nitrogens with zero attached hydrogens (tertiary/aromatic N) is 1. The van der Waals surface area contributed by atoms with Gasteiger partial charge in [0.2, 0.25) is 0 Å². The normalized spacial score (nSPS) is 7.65. The van der Waals surface area contributed by atoms with Gasteiger partial charge in [-0.2, -0.15) is 0 Å². The molecule has 4 atom stereocenters. The quantitative estimate of drug-likeness (QED) is 0.404. The van der Waals surface area contributed by atoms with Crippen molar-refractivity contribution in [3.8, 4) is 0 Å². The zero-order chi connectivity index (χ0) is 8.69. The fraction of sp³-hybridized carbons (Fsp3) is 1.00. The number of hydrogen-bond donors (Lipinski definition) is 0. The van der Waals surface area contributed by atoms with Gasteiger partial charge in [-0.1, -0.05) is 13.3 Å². The molecule has 0 fully saturated rings. The smallest absolute Gasteiger partial charge is 0.0130 e. The zero-order valence-electron chi connectivity index (χ0n) is 11.8. The molecule has 0 spiro atoms. The molecule has 0 aromatic rings. The summed E-state index contributed by atoms with van der Waals surface area (Å²) in [4.78, 5) is 2.42. The van der Waals surface area contributed by atoms with Gasteiger partial charge in [0, 0.05) is 19.1 Å². The summed E-state index contributed by atoms with van der Waals surface area (Å²) in [6, 6.07) is 0. The van der Waals surface area contributed by atoms with E-state index in [4.69, 9.17) is 0 Å². The number of rotatable bonds is 6. The summed E-state index contributed by atoms with van der Waals surface area (Å²) < 4.78 is 0. The van der Waals surface area contributed by atoms with Crippen molar-refractivity contribution in [2.24, 2.45) is 5.92 Å². The van der Waals surface area contributed by atoms with Crippen LogP contribution in [0.1, 0.15) is 13.3 Å². The Morgan fingerprint density at radius 1 is 0.700 bits per heavy atom. The first-order valence-corrected chi connectivity index (χ1v) is 6.55. The van der Waals surface area contributed by atoms with Gasteiger partial charge in [0.25, 0.3) is 0 Å². The second-order valence-corrected chi connectivity index (χ2v) is 3.93. The van der Waals surface area contributed by atoms with Gasteiger partial charge < -0.3 is 49.3 Å². The van der Waals surface area contributed by atoms with E-state index in [-0.39, 0.29) is 49.3 Å². The Kier molecular flexibility index (Phi) is 175. The fourth-order valence-electron chi connectivity index (χ4n) is 0.959. The molecule has 0 heterocycles. The van der Waals surface area contributed by atoms with E-state index in [0.29, 0.717) is 0 Å². The molecule has 0 aliphatic rings. The van der Waals surface area contributed by atoms with Gasteiger partial charge in [0.1, 0.15) is 0 Å². The molecule has 0 bridgehead atoms. The second kappa shape index (κ2) is 50.2. The molecular formula is C7H38NO9P3. The molecule has 0 aliphatic carbocycles. The van der Waals surface area contributed by atoms with E-state index < -0.39 is 0 Å². The van der Waals surface area contributed by atoms with E-state index in [1.54, 1.807) is 0 Å². The van der Waals surface area contributed by atoms with Crippen LogP contribution in [0.5, 0.6) is 0 Å². The largest absolute Gasteiger partial charge is 0.412 e. The maximum Gasteiger partial charge on any atom is 0.0130 e. The molecule has 0 rings (SSSR count). The molecule has 0 aliphatic heterocycles. The monoisotopic (exact) mass is 373 g/mol. The Labute approximate surface area is 127 Å². The molecule has 4 unspecified atom stereocenters. The van der Waals surface area contributed by atoms with Crippen molar-refractivity contribution in [2.75, 3.05) is 25.3 Å². The van der Waals surface area contributed by atoms with E-state index in [0.717, 1.165) is 18.5 Å². The van der Waals surface area contributed by atoms with Crippen LogP contribution >= 0.6 is 27.7 Å². The first kappa shape index (κ1) is 69.7. The molecule has 140 valence electrons. The summed E-state index contributed by atoms with van der Waals surface area (Å²) in [7, 11) is 8.38. The highest BCUT2D eigenvalue weighted by Gasteiger charge is 2.07. The van der Waals surface area contributed by atoms with Gasteiger partial charge in [-0.25, -0.2) is 0 Å². The van der Waals surface area contributed by atoms with Crippen molar-refractivity contribution >= 4 is 27.7 Å². The summed E-state index contributed by atoms with van der Waals surface area (Å²) in [5.74, 6) is 0.848. The molecule has 10 nitrogen and oxygen atoms in total. The predicted octanol–water partition coefficient (Wildman–Crippen LogP) is -5.57. The Hall–Kier alpha value is 0.890. The van der Waals surface area contributed by atoms with Crippen molar-refractivity contribution in [3.63, 3.8) is 0 Å². The molecule has 0 radical (unpaired) electrons. The Bertz CT molecular complexity index is 91.6. The summed E-state index contributed by atoms with van der Waals surface area (Å²) >= 11 is 0. The third-order valence-electron chi connectivity index (χ3n) is 1.94. The highest BCUT2D eigenvalue weighted by atomic mass is 31.0. The average molecular weight is 373 g/mol. The minimum atomic E-state index is 0. The Morgan fingerprint density at radius 3 is 1.15 bits per heavy atom. The highest BCUT2D eigenvalue weighted by Crippen LogP contribution is 2.10. The molecule has 0 saturated carbocycles. The van der Waals surface area contributed by atoms with Crippen LogP contribution in [0.3, 0.4) is 0 Å². The van der Waals surface area contributed by atoms with E-state index in [1.165, 1.54) is 19.1 Å². The zero-order valence-corrected chi connectivity index (χ0v) is 15.3. The molecule has 13 heteroatoms. The lowest BCUT2D eigenvalue weighted by Gasteiger charge is -2.22. The lowest BCUT2D eigenvalue weighted by molar-refractivity contribution is 0.314. The summed E-state index contributed by atoms with van der Waals surface area (Å²) in [6.45, 7) is 3.49. The first-order valence-electron chi connectivity index (χ1n) is 4.11. The van der Waals surface area contributed by atoms with Crippen LogP contribution in [0.15, 0.2) is 0 Å². The second-order valence-electron chi connectivity index (χ2n) is 2.73. The summed E-state index contributed by atoms with van der Waals surface area (Å²) in [5, 5.41) is 0. The minimum absolute atomic E-state index is 0. The van der Waals surface area contributed by atoms with Crippen LogP contribution in [0.4, 0.5) is 0 Å². The van der Waals surface area contributed by atoms with Crippen LogP contribution in [-0.2, 0) is 0 Å². The summed E-state index contributed by atoms with van der Waals surface area (Å²) in [6.07, 6.45) is 4.69. The standard InChI is InChI=1S/C7H20NP3.9H2O/c1-2-7(4-9)3-8(5-10)6-11;;;;;;;;;/h7H,2-6,9-11H2,1H3;9*1H2. The van der Waals surface area contributed by atoms with Gasteiger partial charge in [0.05, 0.1) is 0 Å². The van der Waals surface area contributed by atoms with Gasteiger partial charge in [-0.05, 0) is 12.1 Å². The molecule has 0 amide bonds. The minimum Gasteiger partial charge on any atom is -0.412 e. The van der Waals surface area contributed by atoms with E-state index in [2.05, 4.69) is 39.5 Å². The maximum atomic E-state index is 2.83. The Balaban J connectivity index is -0.0000000139. The highest BCUT2D eigenvalue weighted by molar-refractivity contribution is 7.17. The van der Waals surface area contributed by atoms with Crippen molar-refractivity contribution in [1.82, 2.24) is 4.90 Å². The van der Waals surface area contributed by atoms with Crippen molar-refractivity contribution in [2.45, 2.75) is 13.3 Å². The summed E-state index contributed by atoms with van der Waals surface area (Å²) in [5.41, 5.74) is 0. The predicted molar refractivity (Wildman–Crippen MR) is 96.7 cm³/mol. The third kappa shape index (κ3) is 36.4. The average Bonchev–Trinajstić information content (AvgIpc) is 2.07. The third-order valence-corrected chi connectivity index (χ3v) is 3.64. The van der Waals surface area contributed by atoms with Gasteiger partial charge in [0.15, 0.2) is 0 Å². The van der Waals surface area contributed by atoms with Crippen LogP contribution in [0.2, 0.25) is 0 Å². The van der Waals surface area contributed by atoms with Crippen LogP contribution in [0, 0.1) is 5.92 Å². The first-order chi connectivity index (χ1) is 5.28. The maximum absolute atomic E-state index is 2.83. The van der Waals surface area contributed by atoms with Gasteiger partial charge in [-0.3, -0.25) is 4.90 Å². The Morgan fingerprint density at radius 2 is 1.00 bits per heavy atom. The van der Waals surface area contributed by atoms with Crippen molar-refractivity contribution in [3.05, 3.63) is 0 Å². The lowest BCUT2D eigenvalue weighted by atomic mass is 10.1. The van der Waals surface area contributed by atoms with Crippen molar-refractivity contribution in [1.29, 1.82) is 0 Å². The van der Waals surface area contributed by atoms with E-state index in [9.17, 15) is 0 Å². The van der Waals surface area contributed by atoms with Gasteiger partial charge in [-0.15, -0.1) is 27.7 Å². The SMILES string of the molecule is CCC(CP)CN(CP)CP.O.O.O.O.O.O.O.O.O. The molecular weight excluding hydrogens is 335 g/mol. The molecule has 18 N–H and O–H groups in total. The molecule has 20 heavy (non-hydrogen) atoms. The van der Waals surface area contributed by atoms with Crippen LogP contribution < -0.4 is 0 Å². The molecule has 0 saturated heterocycles. The van der Waals surface area contributed by atoms with Crippen molar-refractivity contribution < 1.29 is 49.3 Å². The fourth-order valence-corrected chi connectivity index (χ4v) is 2.34. The number of hydrogen-bond acceptors (Lipinski definition) is 1. The molecule has 0 aromatic heterocycles. The van der Waals surface area contributed by atoms with Crippen LogP contribution in [-0.4, -0.2) is 79.5 Å². The lowest BCUT2D eigenvalue weighted by Crippen LogP contribution is -2.27. The van der Waals surface area contributed by atoms with Crippen LogP contribution in [0.25, 0.3) is 0 Å². The van der Waals surface area contributed by atoms with E-state index in [1.807, 2.05) is 0 Å².